The van der Waals surface area contributed by atoms with Gasteiger partial charge >= 0.3 is 0 Å². The quantitative estimate of drug-likeness (QED) is 0.747. The normalized spacial score (nSPS) is 36.5. The maximum Gasteiger partial charge on any atom is 0.0215 e. The van der Waals surface area contributed by atoms with Gasteiger partial charge in [-0.15, -0.1) is 0 Å². The highest BCUT2D eigenvalue weighted by Gasteiger charge is 2.40. The molecule has 0 amide bonds. The van der Waals surface area contributed by atoms with Gasteiger partial charge in [-0.25, -0.2) is 0 Å². The minimum Gasteiger partial charge on any atom is -0.312 e. The molecule has 2 nitrogen and oxygen atoms in total. The van der Waals surface area contributed by atoms with E-state index in [1.807, 2.05) is 0 Å². The lowest BCUT2D eigenvalue weighted by Crippen LogP contribution is -2.43. The first-order valence-corrected chi connectivity index (χ1v) is 8.20. The Morgan fingerprint density at radius 2 is 2.00 bits per heavy atom. The molecule has 3 aliphatic rings. The van der Waals surface area contributed by atoms with Crippen LogP contribution in [-0.2, 0) is 0 Å². The summed E-state index contributed by atoms with van der Waals surface area (Å²) in [5, 5.41) is 3.71. The molecule has 0 aliphatic heterocycles. The molecule has 3 saturated carbocycles. The highest BCUT2D eigenvalue weighted by atomic mass is 15.2. The molecule has 18 heavy (non-hydrogen) atoms. The van der Waals surface area contributed by atoms with Crippen molar-refractivity contribution in [1.82, 2.24) is 10.2 Å². The minimum absolute atomic E-state index is 0.754. The first kappa shape index (κ1) is 12.9. The molecule has 3 rings (SSSR count). The van der Waals surface area contributed by atoms with Crippen LogP contribution in [-0.4, -0.2) is 37.1 Å². The van der Waals surface area contributed by atoms with Crippen molar-refractivity contribution in [2.24, 2.45) is 17.8 Å². The van der Waals surface area contributed by atoms with E-state index < -0.39 is 0 Å². The molecule has 0 aromatic carbocycles. The van der Waals surface area contributed by atoms with Gasteiger partial charge in [-0.2, -0.15) is 0 Å². The molecule has 0 spiro atoms. The summed E-state index contributed by atoms with van der Waals surface area (Å²) in [5.74, 6) is 3.19. The van der Waals surface area contributed by atoms with E-state index in [1.54, 1.807) is 6.42 Å². The number of rotatable bonds is 7. The molecule has 3 fully saturated rings. The van der Waals surface area contributed by atoms with Crippen LogP contribution in [0.4, 0.5) is 0 Å². The Morgan fingerprint density at radius 1 is 1.17 bits per heavy atom. The van der Waals surface area contributed by atoms with Gasteiger partial charge in [-0.3, -0.25) is 0 Å². The standard InChI is InChI=1S/C16H30N2/c1-3-16(10-17-15-6-7-15)18(2)11-14-9-12-4-5-13(14)8-12/h12-17H,3-11H2,1-2H3. The highest BCUT2D eigenvalue weighted by molar-refractivity contribution is 4.92. The van der Waals surface area contributed by atoms with Crippen molar-refractivity contribution < 1.29 is 0 Å². The lowest BCUT2D eigenvalue weighted by Gasteiger charge is -2.32. The molecule has 4 atom stereocenters. The summed E-state index contributed by atoms with van der Waals surface area (Å²) >= 11 is 0. The SMILES string of the molecule is CCC(CNC1CC1)N(C)CC1CC2CCC1C2. The van der Waals surface area contributed by atoms with Gasteiger partial charge in [0.25, 0.3) is 0 Å². The van der Waals surface area contributed by atoms with E-state index in [0.29, 0.717) is 0 Å². The third kappa shape index (κ3) is 2.91. The average molecular weight is 250 g/mol. The lowest BCUT2D eigenvalue weighted by atomic mass is 9.88. The predicted octanol–water partition coefficient (Wildman–Crippen LogP) is 2.89. The molecule has 0 radical (unpaired) electrons. The van der Waals surface area contributed by atoms with Crippen molar-refractivity contribution in [2.45, 2.75) is 64.0 Å². The maximum absolute atomic E-state index is 3.71. The molecular formula is C16H30N2. The average Bonchev–Trinajstić information content (AvgIpc) is 2.96. The molecule has 2 heteroatoms. The summed E-state index contributed by atoms with van der Waals surface area (Å²) in [6, 6.07) is 1.61. The van der Waals surface area contributed by atoms with Gasteiger partial charge in [0.05, 0.1) is 0 Å². The number of nitrogens with zero attached hydrogens (tertiary/aromatic N) is 1. The second-order valence-electron chi connectivity index (χ2n) is 7.12. The zero-order valence-electron chi connectivity index (χ0n) is 12.2. The molecule has 4 unspecified atom stereocenters. The van der Waals surface area contributed by atoms with Crippen LogP contribution in [0.15, 0.2) is 0 Å². The van der Waals surface area contributed by atoms with E-state index in [-0.39, 0.29) is 0 Å². The van der Waals surface area contributed by atoms with E-state index in [0.717, 1.165) is 29.8 Å². The zero-order chi connectivity index (χ0) is 12.5. The van der Waals surface area contributed by atoms with Crippen LogP contribution >= 0.6 is 0 Å². The smallest absolute Gasteiger partial charge is 0.0215 e. The second kappa shape index (κ2) is 5.50. The van der Waals surface area contributed by atoms with Crippen LogP contribution in [0, 0.1) is 17.8 Å². The third-order valence-corrected chi connectivity index (χ3v) is 5.72. The molecule has 1 N–H and O–H groups in total. The van der Waals surface area contributed by atoms with Crippen LogP contribution in [0.5, 0.6) is 0 Å². The van der Waals surface area contributed by atoms with E-state index in [1.165, 1.54) is 51.6 Å². The third-order valence-electron chi connectivity index (χ3n) is 5.72. The summed E-state index contributed by atoms with van der Waals surface area (Å²) in [7, 11) is 2.36. The number of nitrogens with one attached hydrogen (secondary N) is 1. The van der Waals surface area contributed by atoms with Crippen molar-refractivity contribution in [3.63, 3.8) is 0 Å². The van der Waals surface area contributed by atoms with E-state index >= 15 is 0 Å². The Kier molecular flexibility index (Phi) is 3.95. The summed E-state index contributed by atoms with van der Waals surface area (Å²) in [6.07, 6.45) is 10.2. The summed E-state index contributed by atoms with van der Waals surface area (Å²) in [4.78, 5) is 2.65. The van der Waals surface area contributed by atoms with Gasteiger partial charge in [-0.05, 0) is 63.3 Å². The predicted molar refractivity (Wildman–Crippen MR) is 76.7 cm³/mol. The van der Waals surface area contributed by atoms with Gasteiger partial charge in [0.1, 0.15) is 0 Å². The number of hydrogen-bond acceptors (Lipinski definition) is 2. The van der Waals surface area contributed by atoms with Crippen LogP contribution < -0.4 is 5.32 Å². The van der Waals surface area contributed by atoms with Crippen molar-refractivity contribution in [3.8, 4) is 0 Å². The van der Waals surface area contributed by atoms with E-state index in [4.69, 9.17) is 0 Å². The first-order chi connectivity index (χ1) is 8.76. The molecular weight excluding hydrogens is 220 g/mol. The monoisotopic (exact) mass is 250 g/mol. The molecule has 3 aliphatic carbocycles. The Labute approximate surface area is 113 Å². The topological polar surface area (TPSA) is 15.3 Å². The van der Waals surface area contributed by atoms with Gasteiger partial charge in [-0.1, -0.05) is 13.3 Å². The van der Waals surface area contributed by atoms with Gasteiger partial charge < -0.3 is 10.2 Å². The summed E-state index contributed by atoms with van der Waals surface area (Å²) in [6.45, 7) is 4.90. The number of fused-ring (bicyclic) bond motifs is 2. The van der Waals surface area contributed by atoms with Crippen molar-refractivity contribution >= 4 is 0 Å². The molecule has 2 bridgehead atoms. The number of likely N-dealkylation sites (N-methyl/N-ethyl adjacent to an activating group) is 1. The van der Waals surface area contributed by atoms with E-state index in [2.05, 4.69) is 24.2 Å². The zero-order valence-corrected chi connectivity index (χ0v) is 12.2. The summed E-state index contributed by atoms with van der Waals surface area (Å²) in [5.41, 5.74) is 0. The van der Waals surface area contributed by atoms with E-state index in [9.17, 15) is 0 Å². The van der Waals surface area contributed by atoms with Crippen LogP contribution in [0.3, 0.4) is 0 Å². The molecule has 104 valence electrons. The van der Waals surface area contributed by atoms with Crippen LogP contribution in [0.25, 0.3) is 0 Å². The van der Waals surface area contributed by atoms with Crippen LogP contribution in [0.2, 0.25) is 0 Å². The Balaban J connectivity index is 1.44. The largest absolute Gasteiger partial charge is 0.312 e. The summed E-state index contributed by atoms with van der Waals surface area (Å²) < 4.78 is 0. The molecule has 0 aromatic rings. The Hall–Kier alpha value is -0.0800. The van der Waals surface area contributed by atoms with Crippen molar-refractivity contribution in [1.29, 1.82) is 0 Å². The van der Waals surface area contributed by atoms with Gasteiger partial charge in [0.15, 0.2) is 0 Å². The highest BCUT2D eigenvalue weighted by Crippen LogP contribution is 2.48. The lowest BCUT2D eigenvalue weighted by molar-refractivity contribution is 0.166. The van der Waals surface area contributed by atoms with Crippen molar-refractivity contribution in [3.05, 3.63) is 0 Å². The fraction of sp³-hybridized carbons (Fsp3) is 1.00. The molecule has 0 aromatic heterocycles. The molecule has 0 heterocycles. The fourth-order valence-corrected chi connectivity index (χ4v) is 4.32. The van der Waals surface area contributed by atoms with Gasteiger partial charge in [0.2, 0.25) is 0 Å². The fourth-order valence-electron chi connectivity index (χ4n) is 4.32. The van der Waals surface area contributed by atoms with Crippen LogP contribution in [0.1, 0.15) is 51.9 Å². The van der Waals surface area contributed by atoms with Crippen molar-refractivity contribution in [2.75, 3.05) is 20.1 Å². The van der Waals surface area contributed by atoms with Gasteiger partial charge in [0, 0.05) is 25.2 Å². The molecule has 0 saturated heterocycles. The number of hydrogen-bond donors (Lipinski definition) is 1. The first-order valence-electron chi connectivity index (χ1n) is 8.20. The Morgan fingerprint density at radius 3 is 2.56 bits per heavy atom. The Bertz CT molecular complexity index is 274. The second-order valence-corrected chi connectivity index (χ2v) is 7.12. The minimum atomic E-state index is 0.754. The maximum atomic E-state index is 3.71.